The van der Waals surface area contributed by atoms with Gasteiger partial charge in [0.05, 0.1) is 19.4 Å². The fraction of sp³-hybridized carbons (Fsp3) is 0.311. The van der Waals surface area contributed by atoms with E-state index in [4.69, 9.17) is 9.84 Å². The number of amides is 1. The van der Waals surface area contributed by atoms with Gasteiger partial charge in [0.15, 0.2) is 11.5 Å². The fourth-order valence-electron chi connectivity index (χ4n) is 8.36. The second-order valence-corrected chi connectivity index (χ2v) is 15.5. The van der Waals surface area contributed by atoms with Gasteiger partial charge in [-0.1, -0.05) is 81.4 Å². The molecule has 0 aliphatic carbocycles. The van der Waals surface area contributed by atoms with E-state index in [0.29, 0.717) is 24.2 Å². The van der Waals surface area contributed by atoms with Crippen LogP contribution in [0.4, 0.5) is 0 Å². The van der Waals surface area contributed by atoms with Crippen molar-refractivity contribution in [1.82, 2.24) is 29.8 Å². The third-order valence-electron chi connectivity index (χ3n) is 11.3. The Morgan fingerprint density at radius 1 is 0.875 bits per heavy atom. The van der Waals surface area contributed by atoms with Gasteiger partial charge in [0.25, 0.3) is 5.91 Å². The number of carbonyl (C=O) groups excluding carboxylic acids is 1. The van der Waals surface area contributed by atoms with E-state index in [1.807, 2.05) is 61.7 Å². The minimum Gasteiger partial charge on any atom is -0.480 e. The molecule has 0 bridgehead atoms. The van der Waals surface area contributed by atoms with Crippen LogP contribution in [-0.4, -0.2) is 78.9 Å². The number of aliphatic hydroxyl groups excluding tert-OH is 1. The average molecular weight is 753 g/mol. The van der Waals surface area contributed by atoms with Crippen LogP contribution in [0.2, 0.25) is 0 Å². The standard InChI is InChI=1S/C45H48N6O5/c1-28-33(10-7-11-34(28)35-12-8-13-36(29(35)2)38-19-18-37(42(47-38)56-6)41(53)46-22-25-52)32-20-24-51-39(26-32)48-49-40(51)31-16-14-30(15-17-31)27-50-23-9-21-45(50,43(54)55)44(3,4)5/h7-8,10-20,24,26,52H,9,21-23,25,27H2,1-6H3,(H,46,53)(H,54,55)/t45-/m1/s1. The summed E-state index contributed by atoms with van der Waals surface area (Å²) in [6, 6.07) is 28.3. The summed E-state index contributed by atoms with van der Waals surface area (Å²) in [5.41, 5.74) is 9.75. The van der Waals surface area contributed by atoms with Crippen molar-refractivity contribution in [2.45, 2.75) is 59.5 Å². The van der Waals surface area contributed by atoms with E-state index in [1.54, 1.807) is 6.07 Å². The van der Waals surface area contributed by atoms with E-state index in [2.05, 4.69) is 87.8 Å². The molecule has 1 saturated heterocycles. The van der Waals surface area contributed by atoms with Crippen LogP contribution < -0.4 is 10.1 Å². The number of carbonyl (C=O) groups is 2. The minimum absolute atomic E-state index is 0.142. The van der Waals surface area contributed by atoms with Crippen molar-refractivity contribution in [3.05, 3.63) is 113 Å². The Balaban J connectivity index is 1.14. The summed E-state index contributed by atoms with van der Waals surface area (Å²) in [6.45, 7) is 11.6. The zero-order chi connectivity index (χ0) is 39.8. The van der Waals surface area contributed by atoms with Gasteiger partial charge in [0.1, 0.15) is 11.1 Å². The molecule has 1 amide bonds. The summed E-state index contributed by atoms with van der Waals surface area (Å²) >= 11 is 0. The first-order valence-electron chi connectivity index (χ1n) is 18.9. The van der Waals surface area contributed by atoms with Crippen LogP contribution in [0.25, 0.3) is 50.5 Å². The Kier molecular flexibility index (Phi) is 10.5. The predicted molar refractivity (Wildman–Crippen MR) is 217 cm³/mol. The first kappa shape index (κ1) is 38.4. The highest BCUT2D eigenvalue weighted by Gasteiger charge is 2.55. The third kappa shape index (κ3) is 6.82. The van der Waals surface area contributed by atoms with Crippen LogP contribution in [0.1, 0.15) is 60.7 Å². The number of carboxylic acids is 1. The lowest BCUT2D eigenvalue weighted by Crippen LogP contribution is -2.58. The number of hydrogen-bond acceptors (Lipinski definition) is 8. The SMILES string of the molecule is COc1nc(-c2cccc(-c3cccc(-c4ccn5c(-c6ccc(CN7CCC[C@@]7(C(=O)O)C(C)(C)C)cc6)nnc5c4)c3C)c2C)ccc1C(=O)NCCO. The van der Waals surface area contributed by atoms with Crippen molar-refractivity contribution in [2.24, 2.45) is 5.41 Å². The summed E-state index contributed by atoms with van der Waals surface area (Å²) in [6.07, 6.45) is 3.52. The molecule has 1 aliphatic rings. The van der Waals surface area contributed by atoms with Crippen LogP contribution >= 0.6 is 0 Å². The molecule has 0 saturated carbocycles. The number of nitrogens with zero attached hydrogens (tertiary/aromatic N) is 5. The molecule has 1 atom stereocenters. The predicted octanol–water partition coefficient (Wildman–Crippen LogP) is 7.61. The molecule has 3 aromatic carbocycles. The fourth-order valence-corrected chi connectivity index (χ4v) is 8.36. The number of methoxy groups -OCH3 is 1. The van der Waals surface area contributed by atoms with Gasteiger partial charge < -0.3 is 20.3 Å². The van der Waals surface area contributed by atoms with Crippen molar-refractivity contribution in [3.8, 4) is 50.8 Å². The average Bonchev–Trinajstić information content (AvgIpc) is 3.82. The van der Waals surface area contributed by atoms with Crippen LogP contribution in [0.3, 0.4) is 0 Å². The lowest BCUT2D eigenvalue weighted by atomic mass is 9.71. The molecule has 3 aromatic heterocycles. The number of hydrogen-bond donors (Lipinski definition) is 3. The van der Waals surface area contributed by atoms with E-state index in [9.17, 15) is 14.7 Å². The quantitative estimate of drug-likeness (QED) is 0.122. The number of carboxylic acid groups (broad SMARTS) is 1. The number of aromatic nitrogens is 4. The molecule has 6 aromatic rings. The Hall–Kier alpha value is -5.91. The molecule has 0 spiro atoms. The lowest BCUT2D eigenvalue weighted by Gasteiger charge is -2.44. The first-order valence-corrected chi connectivity index (χ1v) is 18.9. The smallest absolute Gasteiger partial charge is 0.324 e. The van der Waals surface area contributed by atoms with Gasteiger partial charge in [0.2, 0.25) is 5.88 Å². The molecule has 56 heavy (non-hydrogen) atoms. The molecule has 3 N–H and O–H groups in total. The van der Waals surface area contributed by atoms with Gasteiger partial charge in [-0.2, -0.15) is 0 Å². The zero-order valence-electron chi connectivity index (χ0n) is 32.8. The second-order valence-electron chi connectivity index (χ2n) is 15.5. The van der Waals surface area contributed by atoms with Crippen LogP contribution in [0.15, 0.2) is 91.1 Å². The van der Waals surface area contributed by atoms with Crippen LogP contribution in [0, 0.1) is 19.3 Å². The normalized spacial score (nSPS) is 16.0. The Bertz CT molecular complexity index is 2430. The van der Waals surface area contributed by atoms with Gasteiger partial charge in [-0.25, -0.2) is 4.98 Å². The van der Waals surface area contributed by atoms with Gasteiger partial charge in [-0.05, 0) is 102 Å². The number of fused-ring (bicyclic) bond motifs is 1. The minimum atomic E-state index is -0.893. The number of nitrogens with one attached hydrogen (secondary N) is 1. The summed E-state index contributed by atoms with van der Waals surface area (Å²) in [5, 5.41) is 31.2. The second kappa shape index (κ2) is 15.3. The Morgan fingerprint density at radius 3 is 2.21 bits per heavy atom. The van der Waals surface area contributed by atoms with Gasteiger partial charge in [-0.15, -0.1) is 10.2 Å². The van der Waals surface area contributed by atoms with E-state index in [0.717, 1.165) is 74.5 Å². The molecular formula is C45H48N6O5. The van der Waals surface area contributed by atoms with Gasteiger partial charge in [-0.3, -0.25) is 18.9 Å². The molecule has 0 unspecified atom stereocenters. The van der Waals surface area contributed by atoms with Crippen molar-refractivity contribution in [3.63, 3.8) is 0 Å². The summed E-state index contributed by atoms with van der Waals surface area (Å²) in [5.74, 6) is -0.160. The molecular weight excluding hydrogens is 705 g/mol. The van der Waals surface area contributed by atoms with Crippen molar-refractivity contribution in [2.75, 3.05) is 26.8 Å². The number of likely N-dealkylation sites (tertiary alicyclic amines) is 1. The number of ether oxygens (including phenoxy) is 1. The number of rotatable bonds is 11. The van der Waals surface area contributed by atoms with E-state index >= 15 is 0 Å². The Labute approximate surface area is 327 Å². The van der Waals surface area contributed by atoms with E-state index < -0.39 is 16.9 Å². The van der Waals surface area contributed by atoms with Crippen LogP contribution in [-0.2, 0) is 11.3 Å². The van der Waals surface area contributed by atoms with Gasteiger partial charge >= 0.3 is 5.97 Å². The topological polar surface area (TPSA) is 142 Å². The van der Waals surface area contributed by atoms with Crippen molar-refractivity contribution in [1.29, 1.82) is 0 Å². The third-order valence-corrected chi connectivity index (χ3v) is 11.3. The highest BCUT2D eigenvalue weighted by Crippen LogP contribution is 2.45. The maximum absolute atomic E-state index is 12.6. The summed E-state index contributed by atoms with van der Waals surface area (Å²) in [4.78, 5) is 32.0. The zero-order valence-corrected chi connectivity index (χ0v) is 32.8. The molecule has 11 heteroatoms. The number of benzene rings is 3. The largest absolute Gasteiger partial charge is 0.480 e. The molecule has 11 nitrogen and oxygen atoms in total. The molecule has 1 fully saturated rings. The van der Waals surface area contributed by atoms with Gasteiger partial charge in [0, 0.05) is 30.4 Å². The number of aliphatic hydroxyl groups is 1. The Morgan fingerprint density at radius 2 is 1.55 bits per heavy atom. The van der Waals surface area contributed by atoms with Crippen molar-refractivity contribution < 1.29 is 24.5 Å². The molecule has 1 aliphatic heterocycles. The molecule has 288 valence electrons. The molecule has 7 rings (SSSR count). The lowest BCUT2D eigenvalue weighted by molar-refractivity contribution is -0.158. The molecule has 4 heterocycles. The van der Waals surface area contributed by atoms with E-state index in [1.165, 1.54) is 7.11 Å². The highest BCUT2D eigenvalue weighted by atomic mass is 16.5. The number of aliphatic carboxylic acids is 1. The van der Waals surface area contributed by atoms with Crippen LogP contribution in [0.5, 0.6) is 5.88 Å². The highest BCUT2D eigenvalue weighted by molar-refractivity contribution is 5.97. The number of pyridine rings is 2. The molecule has 0 radical (unpaired) electrons. The maximum Gasteiger partial charge on any atom is 0.324 e. The van der Waals surface area contributed by atoms with Crippen molar-refractivity contribution >= 4 is 17.5 Å². The monoisotopic (exact) mass is 752 g/mol. The van der Waals surface area contributed by atoms with E-state index in [-0.39, 0.29) is 24.9 Å². The summed E-state index contributed by atoms with van der Waals surface area (Å²) in [7, 11) is 1.49. The maximum atomic E-state index is 12.6. The summed E-state index contributed by atoms with van der Waals surface area (Å²) < 4.78 is 7.48. The first-order chi connectivity index (χ1) is 26.9.